The molecule has 1 amide bonds. The highest BCUT2D eigenvalue weighted by Crippen LogP contribution is 2.17. The van der Waals surface area contributed by atoms with Gasteiger partial charge in [-0.05, 0) is 59.9 Å². The summed E-state index contributed by atoms with van der Waals surface area (Å²) in [5.74, 6) is 0.0255. The molecule has 1 aromatic heterocycles. The highest BCUT2D eigenvalue weighted by atomic mass is 79.9. The van der Waals surface area contributed by atoms with Gasteiger partial charge in [-0.3, -0.25) is 4.79 Å². The van der Waals surface area contributed by atoms with Gasteiger partial charge in [-0.25, -0.2) is 0 Å². The molecule has 0 saturated carbocycles. The van der Waals surface area contributed by atoms with Crippen LogP contribution in [0.2, 0.25) is 0 Å². The summed E-state index contributed by atoms with van der Waals surface area (Å²) in [6.07, 6.45) is 0. The van der Waals surface area contributed by atoms with Crippen LogP contribution in [0, 0.1) is 0 Å². The van der Waals surface area contributed by atoms with Gasteiger partial charge in [0.1, 0.15) is 0 Å². The fraction of sp³-hybridized carbons (Fsp3) is 0.214. The minimum Gasteiger partial charge on any atom is -0.444 e. The largest absolute Gasteiger partial charge is 0.444 e. The molecular weight excluding hydrogens is 308 g/mol. The van der Waals surface area contributed by atoms with E-state index < -0.39 is 0 Å². The first kappa shape index (κ1) is 13.8. The van der Waals surface area contributed by atoms with Crippen LogP contribution in [0.5, 0.6) is 0 Å². The summed E-state index contributed by atoms with van der Waals surface area (Å²) in [5, 5.41) is 2.81. The number of benzene rings is 1. The van der Waals surface area contributed by atoms with E-state index in [1.54, 1.807) is 12.1 Å². The van der Waals surface area contributed by atoms with E-state index in [1.807, 2.05) is 38.4 Å². The normalized spacial score (nSPS) is 10.7. The summed E-state index contributed by atoms with van der Waals surface area (Å²) in [4.78, 5) is 14.0. The van der Waals surface area contributed by atoms with Crippen molar-refractivity contribution >= 4 is 27.5 Å². The van der Waals surface area contributed by atoms with Gasteiger partial charge in [-0.15, -0.1) is 0 Å². The van der Waals surface area contributed by atoms with Crippen molar-refractivity contribution in [2.24, 2.45) is 0 Å². The van der Waals surface area contributed by atoms with E-state index in [2.05, 4.69) is 26.1 Å². The highest BCUT2D eigenvalue weighted by Gasteiger charge is 2.10. The van der Waals surface area contributed by atoms with Gasteiger partial charge >= 0.3 is 0 Å². The summed E-state index contributed by atoms with van der Waals surface area (Å²) < 4.78 is 5.75. The Balaban J connectivity index is 2.08. The van der Waals surface area contributed by atoms with Crippen molar-refractivity contribution in [3.05, 3.63) is 52.4 Å². The summed E-state index contributed by atoms with van der Waals surface area (Å²) in [6, 6.07) is 11.1. The van der Waals surface area contributed by atoms with E-state index in [0.717, 1.165) is 17.8 Å². The number of carbonyl (C=O) groups is 1. The van der Waals surface area contributed by atoms with Crippen LogP contribution in [0.15, 0.2) is 45.5 Å². The Hall–Kier alpha value is -1.59. The van der Waals surface area contributed by atoms with Crippen LogP contribution in [0.3, 0.4) is 0 Å². The first-order valence-corrected chi connectivity index (χ1v) is 6.64. The van der Waals surface area contributed by atoms with Crippen molar-refractivity contribution in [3.8, 4) is 0 Å². The van der Waals surface area contributed by atoms with E-state index in [0.29, 0.717) is 4.67 Å². The predicted octanol–water partition coefficient (Wildman–Crippen LogP) is 3.36. The monoisotopic (exact) mass is 322 g/mol. The van der Waals surface area contributed by atoms with Crippen molar-refractivity contribution in [1.29, 1.82) is 0 Å². The molecule has 0 bridgehead atoms. The van der Waals surface area contributed by atoms with Gasteiger partial charge in [0.15, 0.2) is 10.4 Å². The molecule has 0 aliphatic rings. The molecule has 2 rings (SSSR count). The van der Waals surface area contributed by atoms with Crippen LogP contribution < -0.4 is 5.32 Å². The number of anilines is 1. The second kappa shape index (κ2) is 6.04. The van der Waals surface area contributed by atoms with Crippen molar-refractivity contribution in [2.45, 2.75) is 6.54 Å². The van der Waals surface area contributed by atoms with E-state index in [-0.39, 0.29) is 11.7 Å². The number of hydrogen-bond donors (Lipinski definition) is 1. The van der Waals surface area contributed by atoms with E-state index >= 15 is 0 Å². The Labute approximate surface area is 120 Å². The Kier molecular flexibility index (Phi) is 4.39. The molecule has 1 N–H and O–H groups in total. The van der Waals surface area contributed by atoms with Crippen molar-refractivity contribution in [1.82, 2.24) is 4.90 Å². The SMILES string of the molecule is CN(C)Cc1cccc(NC(=O)c2ccc(Br)o2)c1. The fourth-order valence-electron chi connectivity index (χ4n) is 1.74. The number of rotatable bonds is 4. The lowest BCUT2D eigenvalue weighted by atomic mass is 10.2. The third kappa shape index (κ3) is 3.94. The molecule has 0 aliphatic heterocycles. The maximum Gasteiger partial charge on any atom is 0.291 e. The molecule has 0 radical (unpaired) electrons. The molecule has 5 heteroatoms. The zero-order valence-corrected chi connectivity index (χ0v) is 12.4. The molecule has 0 atom stereocenters. The molecular formula is C14H15BrN2O2. The van der Waals surface area contributed by atoms with Gasteiger partial charge in [0.25, 0.3) is 5.91 Å². The number of furan rings is 1. The minimum absolute atomic E-state index is 0.257. The molecule has 100 valence electrons. The highest BCUT2D eigenvalue weighted by molar-refractivity contribution is 9.10. The van der Waals surface area contributed by atoms with Crippen molar-refractivity contribution < 1.29 is 9.21 Å². The lowest BCUT2D eigenvalue weighted by Gasteiger charge is -2.11. The zero-order chi connectivity index (χ0) is 13.8. The lowest BCUT2D eigenvalue weighted by molar-refractivity contribution is 0.0995. The molecule has 0 unspecified atom stereocenters. The van der Waals surface area contributed by atoms with Gasteiger partial charge in [0.2, 0.25) is 0 Å². The number of hydrogen-bond acceptors (Lipinski definition) is 3. The molecule has 1 heterocycles. The van der Waals surface area contributed by atoms with Crippen LogP contribution in [0.4, 0.5) is 5.69 Å². The standard InChI is InChI=1S/C14H15BrN2O2/c1-17(2)9-10-4-3-5-11(8-10)16-14(18)12-6-7-13(15)19-12/h3-8H,9H2,1-2H3,(H,16,18). The first-order valence-electron chi connectivity index (χ1n) is 5.85. The van der Waals surface area contributed by atoms with Crippen LogP contribution in [-0.2, 0) is 6.54 Å². The predicted molar refractivity (Wildman–Crippen MR) is 78.2 cm³/mol. The van der Waals surface area contributed by atoms with Gasteiger partial charge in [-0.1, -0.05) is 12.1 Å². The quantitative estimate of drug-likeness (QED) is 0.938. The van der Waals surface area contributed by atoms with E-state index in [9.17, 15) is 4.79 Å². The summed E-state index contributed by atoms with van der Waals surface area (Å²) >= 11 is 3.17. The number of carbonyl (C=O) groups excluding carboxylic acids is 1. The topological polar surface area (TPSA) is 45.5 Å². The zero-order valence-electron chi connectivity index (χ0n) is 10.8. The van der Waals surface area contributed by atoms with Crippen LogP contribution in [0.1, 0.15) is 16.1 Å². The second-order valence-corrected chi connectivity index (χ2v) is 5.28. The molecule has 4 nitrogen and oxygen atoms in total. The van der Waals surface area contributed by atoms with Crippen LogP contribution in [-0.4, -0.2) is 24.9 Å². The lowest BCUT2D eigenvalue weighted by Crippen LogP contribution is -2.13. The summed E-state index contributed by atoms with van der Waals surface area (Å²) in [6.45, 7) is 0.829. The molecule has 0 aliphatic carbocycles. The third-order valence-corrected chi connectivity index (χ3v) is 2.91. The Morgan fingerprint density at radius 2 is 2.11 bits per heavy atom. The summed E-state index contributed by atoms with van der Waals surface area (Å²) in [7, 11) is 4.01. The second-order valence-electron chi connectivity index (χ2n) is 4.50. The molecule has 19 heavy (non-hydrogen) atoms. The van der Waals surface area contributed by atoms with Crippen LogP contribution >= 0.6 is 15.9 Å². The number of amides is 1. The van der Waals surface area contributed by atoms with Crippen molar-refractivity contribution in [2.75, 3.05) is 19.4 Å². The van der Waals surface area contributed by atoms with Crippen LogP contribution in [0.25, 0.3) is 0 Å². The van der Waals surface area contributed by atoms with Gasteiger partial charge in [-0.2, -0.15) is 0 Å². The van der Waals surface area contributed by atoms with Gasteiger partial charge < -0.3 is 14.6 Å². The molecule has 0 saturated heterocycles. The minimum atomic E-state index is -0.257. The van der Waals surface area contributed by atoms with Gasteiger partial charge in [0.05, 0.1) is 0 Å². The maximum absolute atomic E-state index is 11.9. The fourth-order valence-corrected chi connectivity index (χ4v) is 2.05. The van der Waals surface area contributed by atoms with Gasteiger partial charge in [0, 0.05) is 12.2 Å². The maximum atomic E-state index is 11.9. The average Bonchev–Trinajstić information content (AvgIpc) is 2.75. The number of nitrogens with zero attached hydrogens (tertiary/aromatic N) is 1. The van der Waals surface area contributed by atoms with E-state index in [4.69, 9.17) is 4.42 Å². The smallest absolute Gasteiger partial charge is 0.291 e. The molecule has 0 spiro atoms. The summed E-state index contributed by atoms with van der Waals surface area (Å²) in [5.41, 5.74) is 1.90. The van der Waals surface area contributed by atoms with Crippen molar-refractivity contribution in [3.63, 3.8) is 0 Å². The Morgan fingerprint density at radius 3 is 2.74 bits per heavy atom. The Morgan fingerprint density at radius 1 is 1.32 bits per heavy atom. The van der Waals surface area contributed by atoms with E-state index in [1.165, 1.54) is 0 Å². The first-order chi connectivity index (χ1) is 9.04. The molecule has 1 aromatic carbocycles. The third-order valence-electron chi connectivity index (χ3n) is 2.48. The average molecular weight is 323 g/mol. The number of nitrogens with one attached hydrogen (secondary N) is 1. The molecule has 0 fully saturated rings. The Bertz CT molecular complexity index is 578. The number of halogens is 1. The molecule has 2 aromatic rings.